The molecule has 0 N–H and O–H groups in total. The minimum atomic E-state index is -0.379. The van der Waals surface area contributed by atoms with Crippen molar-refractivity contribution in [2.75, 3.05) is 25.7 Å². The zero-order chi connectivity index (χ0) is 25.7. The Balaban J connectivity index is 0.000000917. The minimum Gasteiger partial charge on any atom is -0.372 e. The third-order valence-electron chi connectivity index (χ3n) is 9.70. The van der Waals surface area contributed by atoms with Crippen LogP contribution in [0.25, 0.3) is 0 Å². The third-order valence-corrected chi connectivity index (χ3v) is 9.70. The van der Waals surface area contributed by atoms with Crippen LogP contribution in [0.5, 0.6) is 0 Å². The topological polar surface area (TPSA) is 27.7 Å². The molecular weight excluding hydrogens is 452 g/mol. The fourth-order valence-corrected chi connectivity index (χ4v) is 7.90. The van der Waals surface area contributed by atoms with Crippen LogP contribution in [0.1, 0.15) is 99.8 Å². The van der Waals surface area contributed by atoms with Gasteiger partial charge in [0.1, 0.15) is 0 Å². The van der Waals surface area contributed by atoms with Crippen LogP contribution in [0.15, 0.2) is 23.3 Å². The van der Waals surface area contributed by atoms with E-state index in [1.165, 1.54) is 38.5 Å². The van der Waals surface area contributed by atoms with Crippen molar-refractivity contribution in [2.45, 2.75) is 117 Å². The Labute approximate surface area is 220 Å². The maximum Gasteiger partial charge on any atom is 0.172 e. The summed E-state index contributed by atoms with van der Waals surface area (Å²) in [5.74, 6) is 1.05. The Morgan fingerprint density at radius 2 is 1.69 bits per heavy atom. The van der Waals surface area contributed by atoms with Crippen LogP contribution in [-0.4, -0.2) is 43.2 Å². The van der Waals surface area contributed by atoms with Gasteiger partial charge in [-0.2, -0.15) is 11.8 Å². The van der Waals surface area contributed by atoms with E-state index in [1.807, 2.05) is 12.5 Å². The molecule has 0 bridgehead atoms. The van der Waals surface area contributed by atoms with Gasteiger partial charge < -0.3 is 14.2 Å². The first-order valence-corrected chi connectivity index (χ1v) is 15.7. The predicted molar refractivity (Wildman–Crippen MR) is 149 cm³/mol. The van der Waals surface area contributed by atoms with E-state index in [-0.39, 0.29) is 27.6 Å². The molecule has 0 aromatic heterocycles. The average Bonchev–Trinajstić information content (AvgIpc) is 3.11. The summed E-state index contributed by atoms with van der Waals surface area (Å²) >= 11 is 1.75. The van der Waals surface area contributed by atoms with E-state index < -0.39 is 0 Å². The zero-order valence-corrected chi connectivity index (χ0v) is 24.9. The van der Waals surface area contributed by atoms with Crippen LogP contribution in [0.4, 0.5) is 0 Å². The van der Waals surface area contributed by atoms with E-state index in [2.05, 4.69) is 60.6 Å². The monoisotopic (exact) mass is 504 g/mol. The second-order valence-electron chi connectivity index (χ2n) is 14.0. The summed E-state index contributed by atoms with van der Waals surface area (Å²) in [7, 11) is 0. The molecule has 0 radical (unpaired) electrons. The van der Waals surface area contributed by atoms with Gasteiger partial charge in [0.15, 0.2) is 5.79 Å². The van der Waals surface area contributed by atoms with Gasteiger partial charge in [-0.25, -0.2) is 0 Å². The molecule has 0 aromatic carbocycles. The third kappa shape index (κ3) is 5.08. The Kier molecular flexibility index (Phi) is 7.76. The summed E-state index contributed by atoms with van der Waals surface area (Å²) in [6, 6.07) is 0. The highest BCUT2D eigenvalue weighted by atomic mass is 32.2. The molecule has 1 spiro atoms. The highest BCUT2D eigenvalue weighted by molar-refractivity contribution is 7.97. The molecule has 3 fully saturated rings. The summed E-state index contributed by atoms with van der Waals surface area (Å²) in [5, 5.41) is 0. The molecule has 1 saturated heterocycles. The molecule has 5 rings (SSSR count). The largest absolute Gasteiger partial charge is 0.372 e. The van der Waals surface area contributed by atoms with Gasteiger partial charge in [0.05, 0.1) is 24.9 Å². The molecule has 1 aliphatic heterocycles. The average molecular weight is 505 g/mol. The summed E-state index contributed by atoms with van der Waals surface area (Å²) < 4.78 is 19.5. The summed E-state index contributed by atoms with van der Waals surface area (Å²) in [6.45, 7) is 17.7. The number of fused-ring (bicyclic) bond motifs is 5. The molecule has 2 saturated carbocycles. The lowest BCUT2D eigenvalue weighted by Gasteiger charge is -2.57. The molecule has 200 valence electrons. The van der Waals surface area contributed by atoms with Crippen LogP contribution >= 0.6 is 11.8 Å². The number of rotatable bonds is 2. The van der Waals surface area contributed by atoms with E-state index >= 15 is 0 Å². The summed E-state index contributed by atoms with van der Waals surface area (Å²) in [4.78, 5) is 0. The highest BCUT2D eigenvalue weighted by Crippen LogP contribution is 2.65. The number of thioether (sulfide) groups is 1. The fraction of sp³-hybridized carbons (Fsp3) is 0.871. The first-order valence-electron chi connectivity index (χ1n) is 14.1. The second kappa shape index (κ2) is 9.79. The first kappa shape index (κ1) is 27.7. The maximum atomic E-state index is 6.62. The van der Waals surface area contributed by atoms with Crippen molar-refractivity contribution < 1.29 is 14.2 Å². The Hall–Kier alpha value is -0.290. The van der Waals surface area contributed by atoms with Gasteiger partial charge in [-0.1, -0.05) is 51.0 Å². The van der Waals surface area contributed by atoms with Gasteiger partial charge >= 0.3 is 0 Å². The molecule has 4 aliphatic carbocycles. The Morgan fingerprint density at radius 1 is 1.03 bits per heavy atom. The van der Waals surface area contributed by atoms with Crippen LogP contribution in [0.2, 0.25) is 0 Å². The van der Waals surface area contributed by atoms with Crippen molar-refractivity contribution in [3.63, 3.8) is 0 Å². The van der Waals surface area contributed by atoms with Gasteiger partial charge in [0, 0.05) is 29.1 Å². The van der Waals surface area contributed by atoms with Gasteiger partial charge in [0.25, 0.3) is 0 Å². The van der Waals surface area contributed by atoms with Crippen LogP contribution in [0, 0.1) is 28.1 Å². The normalized spacial score (nSPS) is 39.4. The van der Waals surface area contributed by atoms with Crippen molar-refractivity contribution in [3.05, 3.63) is 23.3 Å². The van der Waals surface area contributed by atoms with E-state index in [4.69, 9.17) is 14.2 Å². The highest BCUT2D eigenvalue weighted by Gasteiger charge is 2.59. The van der Waals surface area contributed by atoms with Crippen molar-refractivity contribution in [1.29, 1.82) is 0 Å². The predicted octanol–water partition coefficient (Wildman–Crippen LogP) is 8.19. The fourth-order valence-electron chi connectivity index (χ4n) is 7.90. The molecular formula is C31H52O3S. The summed E-state index contributed by atoms with van der Waals surface area (Å²) in [5.41, 5.74) is 3.95. The lowest BCUT2D eigenvalue weighted by atomic mass is 9.50. The molecule has 5 aliphatic rings. The van der Waals surface area contributed by atoms with Crippen molar-refractivity contribution in [3.8, 4) is 0 Å². The van der Waals surface area contributed by atoms with E-state index in [0.29, 0.717) is 12.0 Å². The number of hydrogen-bond acceptors (Lipinski definition) is 4. The number of ether oxygens (including phenoxy) is 3. The smallest absolute Gasteiger partial charge is 0.172 e. The van der Waals surface area contributed by atoms with Crippen LogP contribution in [-0.2, 0) is 14.2 Å². The zero-order valence-electron chi connectivity index (χ0n) is 24.1. The Bertz CT molecular complexity index is 827. The Morgan fingerprint density at radius 3 is 2.29 bits per heavy atom. The van der Waals surface area contributed by atoms with Crippen molar-refractivity contribution in [1.82, 2.24) is 0 Å². The van der Waals surface area contributed by atoms with Gasteiger partial charge in [0.2, 0.25) is 0 Å². The summed E-state index contributed by atoms with van der Waals surface area (Å²) in [6.07, 6.45) is 19.0. The van der Waals surface area contributed by atoms with Gasteiger partial charge in [-0.05, 0) is 83.6 Å². The van der Waals surface area contributed by atoms with E-state index in [0.717, 1.165) is 32.0 Å². The molecule has 35 heavy (non-hydrogen) atoms. The SMILES string of the molecule is CCC12CCC3(CC1=CCC1C2=CCC2(C)C(OC(C)(C)C)CCC12)OCC(C)(C)CO3.CSC. The molecule has 4 heteroatoms. The van der Waals surface area contributed by atoms with Crippen molar-refractivity contribution in [2.24, 2.45) is 28.1 Å². The lowest BCUT2D eigenvalue weighted by Crippen LogP contribution is -2.54. The lowest BCUT2D eigenvalue weighted by molar-refractivity contribution is -0.308. The molecule has 5 atom stereocenters. The second-order valence-corrected chi connectivity index (χ2v) is 14.8. The minimum absolute atomic E-state index is 0.0664. The number of hydrogen-bond donors (Lipinski definition) is 0. The van der Waals surface area contributed by atoms with Crippen LogP contribution in [0.3, 0.4) is 0 Å². The molecule has 5 unspecified atom stereocenters. The van der Waals surface area contributed by atoms with Gasteiger partial charge in [-0.3, -0.25) is 0 Å². The first-order chi connectivity index (χ1) is 16.3. The van der Waals surface area contributed by atoms with E-state index in [9.17, 15) is 0 Å². The van der Waals surface area contributed by atoms with Gasteiger partial charge in [-0.15, -0.1) is 0 Å². The van der Waals surface area contributed by atoms with Crippen molar-refractivity contribution >= 4 is 11.8 Å². The number of allylic oxidation sites excluding steroid dienone is 3. The molecule has 0 amide bonds. The molecule has 1 heterocycles. The standard InChI is InChI=1S/C29H46O3.C2H6S/c1-8-28-15-16-29(30-18-26(5,6)19-31-29)17-20(28)9-10-21-22-11-12-24(32-25(2,3)4)27(22,7)14-13-23(21)28;1-3-2/h9,13,21-22,24H,8,10-12,14-19H2,1-7H3;1-2H3. The molecule has 3 nitrogen and oxygen atoms in total. The van der Waals surface area contributed by atoms with Crippen LogP contribution < -0.4 is 0 Å². The maximum absolute atomic E-state index is 6.62. The quantitative estimate of drug-likeness (QED) is 0.354. The van der Waals surface area contributed by atoms with E-state index in [1.54, 1.807) is 22.9 Å². The molecule has 0 aromatic rings.